The van der Waals surface area contributed by atoms with Gasteiger partial charge in [0, 0.05) is 12.8 Å². The molecule has 0 spiro atoms. The molecule has 0 bridgehead atoms. The van der Waals surface area contributed by atoms with E-state index in [9.17, 15) is 19.8 Å². The smallest absolute Gasteiger partial charge is 0.305 e. The fraction of sp³-hybridized carbons (Fsp3) is 0.867. The van der Waals surface area contributed by atoms with Crippen molar-refractivity contribution in [2.45, 2.75) is 321 Å². The summed E-state index contributed by atoms with van der Waals surface area (Å²) in [5, 5.41) is 23.2. The van der Waals surface area contributed by atoms with Gasteiger partial charge in [-0.15, -0.1) is 0 Å². The maximum absolute atomic E-state index is 12.4. The molecule has 0 saturated heterocycles. The lowest BCUT2D eigenvalue weighted by Crippen LogP contribution is -2.45. The molecule has 3 N–H and O–H groups in total. The number of hydrogen-bond donors (Lipinski definition) is 3. The summed E-state index contributed by atoms with van der Waals surface area (Å²) in [6.07, 6.45) is 68.7. The third-order valence-corrected chi connectivity index (χ3v) is 13.4. The van der Waals surface area contributed by atoms with E-state index in [-0.39, 0.29) is 18.5 Å². The summed E-state index contributed by atoms with van der Waals surface area (Å²) in [5.74, 6) is -0.0830. The first kappa shape index (κ1) is 64.1. The average molecular weight is 929 g/mol. The van der Waals surface area contributed by atoms with Gasteiger partial charge in [-0.1, -0.05) is 262 Å². The standard InChI is InChI=1S/C60H113NO5/c1-3-5-7-9-11-13-15-17-18-27-30-34-38-42-46-50-54-60(65)66-55-51-47-43-39-35-31-28-25-23-21-19-20-22-24-26-29-33-37-41-45-49-53-59(64)61-57(56-62)58(63)52-48-44-40-36-32-16-14-12-10-8-6-4-2/h18,27,31,35,43,47,57-58,62-63H,3-17,19-26,28-30,32-34,36-42,44-46,48-56H2,1-2H3,(H,61,64)/b27-18-,35-31-,47-43-. The van der Waals surface area contributed by atoms with Crippen LogP contribution in [-0.4, -0.2) is 47.4 Å². The van der Waals surface area contributed by atoms with Crippen LogP contribution in [0.15, 0.2) is 36.5 Å². The molecule has 1 amide bonds. The molecular weight excluding hydrogens is 815 g/mol. The molecule has 0 heterocycles. The Morgan fingerprint density at radius 3 is 1.17 bits per heavy atom. The van der Waals surface area contributed by atoms with E-state index in [1.54, 1.807) is 0 Å². The number of hydrogen-bond acceptors (Lipinski definition) is 5. The number of nitrogens with one attached hydrogen (secondary N) is 1. The topological polar surface area (TPSA) is 95.9 Å². The fourth-order valence-corrected chi connectivity index (χ4v) is 8.94. The normalized spacial score (nSPS) is 12.8. The van der Waals surface area contributed by atoms with Crippen LogP contribution in [0.25, 0.3) is 0 Å². The van der Waals surface area contributed by atoms with Crippen LogP contribution in [0.3, 0.4) is 0 Å². The summed E-state index contributed by atoms with van der Waals surface area (Å²) in [6, 6.07) is -0.545. The van der Waals surface area contributed by atoms with Crippen molar-refractivity contribution in [2.75, 3.05) is 13.2 Å². The maximum Gasteiger partial charge on any atom is 0.305 e. The number of esters is 1. The molecule has 0 fully saturated rings. The van der Waals surface area contributed by atoms with Crippen molar-refractivity contribution in [1.29, 1.82) is 0 Å². The van der Waals surface area contributed by atoms with Crippen LogP contribution >= 0.6 is 0 Å². The Kier molecular flexibility index (Phi) is 54.1. The van der Waals surface area contributed by atoms with Crippen molar-refractivity contribution in [3.05, 3.63) is 36.5 Å². The quantitative estimate of drug-likeness (QED) is 0.0321. The maximum atomic E-state index is 12.4. The van der Waals surface area contributed by atoms with E-state index in [1.807, 2.05) is 0 Å². The second-order valence-corrected chi connectivity index (χ2v) is 20.0. The summed E-state index contributed by atoms with van der Waals surface area (Å²) < 4.78 is 5.41. The lowest BCUT2D eigenvalue weighted by molar-refractivity contribution is -0.143. The van der Waals surface area contributed by atoms with Gasteiger partial charge >= 0.3 is 5.97 Å². The molecule has 66 heavy (non-hydrogen) atoms. The SMILES string of the molecule is CCCCCCCCC/C=C\CCCCCCCC(=O)OCC/C=C\C/C=C\CCCCCCCCCCCCCCCCC(=O)NC(CO)C(O)CCCCCCCCCCCCCC. The Bertz CT molecular complexity index is 1070. The predicted molar refractivity (Wildman–Crippen MR) is 287 cm³/mol. The number of aliphatic hydroxyl groups excluding tert-OH is 2. The highest BCUT2D eigenvalue weighted by molar-refractivity contribution is 5.76. The Balaban J connectivity index is 3.45. The van der Waals surface area contributed by atoms with Gasteiger partial charge in [-0.05, 0) is 70.6 Å². The summed E-state index contributed by atoms with van der Waals surface area (Å²) in [4.78, 5) is 24.5. The van der Waals surface area contributed by atoms with Crippen molar-refractivity contribution in [2.24, 2.45) is 0 Å². The minimum absolute atomic E-state index is 0.0403. The number of rotatable bonds is 54. The zero-order valence-electron chi connectivity index (χ0n) is 44.2. The molecule has 0 saturated carbocycles. The van der Waals surface area contributed by atoms with Gasteiger partial charge < -0.3 is 20.3 Å². The van der Waals surface area contributed by atoms with E-state index in [4.69, 9.17) is 4.74 Å². The monoisotopic (exact) mass is 928 g/mol. The molecule has 388 valence electrons. The van der Waals surface area contributed by atoms with E-state index < -0.39 is 12.1 Å². The second-order valence-electron chi connectivity index (χ2n) is 20.0. The molecule has 0 aromatic rings. The Morgan fingerprint density at radius 1 is 0.424 bits per heavy atom. The van der Waals surface area contributed by atoms with Gasteiger partial charge in [-0.2, -0.15) is 0 Å². The van der Waals surface area contributed by atoms with E-state index in [1.165, 1.54) is 225 Å². The third kappa shape index (κ3) is 51.5. The molecule has 0 radical (unpaired) electrons. The van der Waals surface area contributed by atoms with Crippen LogP contribution in [0.4, 0.5) is 0 Å². The summed E-state index contributed by atoms with van der Waals surface area (Å²) in [6.45, 7) is 4.84. The van der Waals surface area contributed by atoms with Crippen LogP contribution in [-0.2, 0) is 14.3 Å². The van der Waals surface area contributed by atoms with Gasteiger partial charge in [0.1, 0.15) is 0 Å². The predicted octanol–water partition coefficient (Wildman–Crippen LogP) is 18.0. The first-order valence-electron chi connectivity index (χ1n) is 29.2. The summed E-state index contributed by atoms with van der Waals surface area (Å²) >= 11 is 0. The number of amides is 1. The van der Waals surface area contributed by atoms with Crippen molar-refractivity contribution in [1.82, 2.24) is 5.32 Å². The van der Waals surface area contributed by atoms with Gasteiger partial charge in [0.2, 0.25) is 5.91 Å². The third-order valence-electron chi connectivity index (χ3n) is 13.4. The molecule has 6 heteroatoms. The van der Waals surface area contributed by atoms with Gasteiger partial charge in [-0.3, -0.25) is 9.59 Å². The largest absolute Gasteiger partial charge is 0.465 e. The molecule has 0 aromatic heterocycles. The summed E-state index contributed by atoms with van der Waals surface area (Å²) in [7, 11) is 0. The zero-order chi connectivity index (χ0) is 47.9. The average Bonchev–Trinajstić information content (AvgIpc) is 3.32. The molecule has 2 unspecified atom stereocenters. The fourth-order valence-electron chi connectivity index (χ4n) is 8.94. The summed E-state index contributed by atoms with van der Waals surface area (Å²) in [5.41, 5.74) is 0. The van der Waals surface area contributed by atoms with Crippen LogP contribution in [0.5, 0.6) is 0 Å². The Morgan fingerprint density at radius 2 is 0.758 bits per heavy atom. The Labute approximate surface area is 411 Å². The highest BCUT2D eigenvalue weighted by Crippen LogP contribution is 2.17. The van der Waals surface area contributed by atoms with Crippen molar-refractivity contribution < 1.29 is 24.5 Å². The van der Waals surface area contributed by atoms with Gasteiger partial charge in [0.15, 0.2) is 0 Å². The van der Waals surface area contributed by atoms with Crippen LogP contribution < -0.4 is 5.32 Å². The number of ether oxygens (including phenoxy) is 1. The minimum atomic E-state index is -0.667. The van der Waals surface area contributed by atoms with Gasteiger partial charge in [-0.25, -0.2) is 0 Å². The minimum Gasteiger partial charge on any atom is -0.465 e. The lowest BCUT2D eigenvalue weighted by Gasteiger charge is -2.22. The highest BCUT2D eigenvalue weighted by Gasteiger charge is 2.20. The van der Waals surface area contributed by atoms with E-state index in [0.717, 1.165) is 51.4 Å². The first-order chi connectivity index (χ1) is 32.5. The molecule has 6 nitrogen and oxygen atoms in total. The molecule has 2 atom stereocenters. The molecule has 0 aliphatic rings. The first-order valence-corrected chi connectivity index (χ1v) is 29.2. The van der Waals surface area contributed by atoms with Crippen LogP contribution in [0.2, 0.25) is 0 Å². The molecule has 0 rings (SSSR count). The number of carbonyl (C=O) groups excluding carboxylic acids is 2. The number of unbranched alkanes of at least 4 members (excludes halogenated alkanes) is 37. The van der Waals surface area contributed by atoms with Crippen LogP contribution in [0.1, 0.15) is 309 Å². The Hall–Kier alpha value is -1.92. The van der Waals surface area contributed by atoms with E-state index in [0.29, 0.717) is 25.9 Å². The van der Waals surface area contributed by atoms with Crippen molar-refractivity contribution >= 4 is 11.9 Å². The highest BCUT2D eigenvalue weighted by atomic mass is 16.5. The molecule has 0 aliphatic carbocycles. The number of allylic oxidation sites excluding steroid dienone is 5. The van der Waals surface area contributed by atoms with E-state index in [2.05, 4.69) is 55.6 Å². The van der Waals surface area contributed by atoms with Gasteiger partial charge in [0.25, 0.3) is 0 Å². The molecular formula is C60H113NO5. The number of carbonyl (C=O) groups is 2. The van der Waals surface area contributed by atoms with E-state index >= 15 is 0 Å². The lowest BCUT2D eigenvalue weighted by atomic mass is 10.0. The second kappa shape index (κ2) is 55.7. The van der Waals surface area contributed by atoms with Crippen molar-refractivity contribution in [3.63, 3.8) is 0 Å². The van der Waals surface area contributed by atoms with Gasteiger partial charge in [0.05, 0.1) is 25.4 Å². The molecule has 0 aromatic carbocycles. The van der Waals surface area contributed by atoms with Crippen LogP contribution in [0, 0.1) is 0 Å². The zero-order valence-corrected chi connectivity index (χ0v) is 44.2. The van der Waals surface area contributed by atoms with Crippen molar-refractivity contribution in [3.8, 4) is 0 Å². The molecule has 0 aliphatic heterocycles. The number of aliphatic hydroxyl groups is 2.